The van der Waals surface area contributed by atoms with Gasteiger partial charge in [-0.1, -0.05) is 37.1 Å². The van der Waals surface area contributed by atoms with Crippen molar-refractivity contribution >= 4 is 0 Å². The maximum atomic E-state index is 3.63. The van der Waals surface area contributed by atoms with Gasteiger partial charge in [0, 0.05) is 5.54 Å². The van der Waals surface area contributed by atoms with E-state index in [2.05, 4.69) is 63.2 Å². The summed E-state index contributed by atoms with van der Waals surface area (Å²) in [6.07, 6.45) is 5.26. The van der Waals surface area contributed by atoms with Gasteiger partial charge in [-0.2, -0.15) is 0 Å². The molecule has 0 spiro atoms. The topological polar surface area (TPSA) is 15.3 Å². The fourth-order valence-corrected chi connectivity index (χ4v) is 3.97. The Bertz CT molecular complexity index is 463. The van der Waals surface area contributed by atoms with Gasteiger partial charge in [0.15, 0.2) is 0 Å². The zero-order chi connectivity index (χ0) is 15.5. The van der Waals surface area contributed by atoms with Crippen LogP contribution in [0.25, 0.3) is 0 Å². The molecule has 1 aromatic rings. The Morgan fingerprint density at radius 3 is 2.38 bits per heavy atom. The predicted molar refractivity (Wildman–Crippen MR) is 91.8 cm³/mol. The van der Waals surface area contributed by atoms with E-state index in [0.717, 1.165) is 0 Å². The van der Waals surface area contributed by atoms with E-state index < -0.39 is 0 Å². The highest BCUT2D eigenvalue weighted by Crippen LogP contribution is 2.37. The number of rotatable bonds is 5. The second-order valence-electron chi connectivity index (χ2n) is 6.84. The van der Waals surface area contributed by atoms with E-state index in [1.54, 1.807) is 0 Å². The van der Waals surface area contributed by atoms with Gasteiger partial charge in [0.2, 0.25) is 0 Å². The molecule has 0 bridgehead atoms. The van der Waals surface area contributed by atoms with Crippen LogP contribution in [0.15, 0.2) is 18.2 Å². The molecule has 1 saturated heterocycles. The molecule has 0 aromatic heterocycles. The van der Waals surface area contributed by atoms with E-state index in [1.807, 2.05) is 0 Å². The number of likely N-dealkylation sites (N-methyl/N-ethyl adjacent to an activating group) is 1. The van der Waals surface area contributed by atoms with Crippen molar-refractivity contribution in [2.45, 2.75) is 65.0 Å². The van der Waals surface area contributed by atoms with E-state index in [-0.39, 0.29) is 5.54 Å². The van der Waals surface area contributed by atoms with Crippen molar-refractivity contribution < 1.29 is 0 Å². The maximum absolute atomic E-state index is 3.63. The van der Waals surface area contributed by atoms with Gasteiger partial charge >= 0.3 is 0 Å². The van der Waals surface area contributed by atoms with E-state index in [1.165, 1.54) is 55.5 Å². The molecule has 1 aromatic carbocycles. The van der Waals surface area contributed by atoms with Crippen LogP contribution in [0.1, 0.15) is 62.3 Å². The first-order chi connectivity index (χ1) is 10.0. The lowest BCUT2D eigenvalue weighted by Gasteiger charge is -2.48. The Morgan fingerprint density at radius 1 is 1.19 bits per heavy atom. The number of hydrogen-bond acceptors (Lipinski definition) is 2. The highest BCUT2D eigenvalue weighted by molar-refractivity contribution is 5.35. The zero-order valence-corrected chi connectivity index (χ0v) is 14.5. The third-order valence-electron chi connectivity index (χ3n) is 5.44. The predicted octanol–water partition coefficient (Wildman–Crippen LogP) is 4.22. The van der Waals surface area contributed by atoms with Crippen LogP contribution in [0, 0.1) is 13.8 Å². The summed E-state index contributed by atoms with van der Waals surface area (Å²) in [5, 5.41) is 3.63. The first-order valence-electron chi connectivity index (χ1n) is 8.52. The van der Waals surface area contributed by atoms with Crippen LogP contribution in [0.5, 0.6) is 0 Å². The SMILES string of the molecule is CCC(C)(C(NC)c1ccc(C)cc1C)N1CCCCC1. The van der Waals surface area contributed by atoms with Crippen molar-refractivity contribution in [1.29, 1.82) is 0 Å². The maximum Gasteiger partial charge on any atom is 0.0504 e. The van der Waals surface area contributed by atoms with E-state index in [0.29, 0.717) is 6.04 Å². The average Bonchev–Trinajstić information content (AvgIpc) is 2.50. The summed E-state index contributed by atoms with van der Waals surface area (Å²) < 4.78 is 0. The van der Waals surface area contributed by atoms with Crippen LogP contribution in [0.4, 0.5) is 0 Å². The Balaban J connectivity index is 2.35. The minimum Gasteiger partial charge on any atom is -0.311 e. The molecule has 1 heterocycles. The van der Waals surface area contributed by atoms with Crippen molar-refractivity contribution in [2.24, 2.45) is 0 Å². The minimum absolute atomic E-state index is 0.190. The Morgan fingerprint density at radius 2 is 1.86 bits per heavy atom. The molecule has 21 heavy (non-hydrogen) atoms. The molecular weight excluding hydrogens is 256 g/mol. The van der Waals surface area contributed by atoms with Gasteiger partial charge in [0.05, 0.1) is 6.04 Å². The molecule has 2 atom stereocenters. The van der Waals surface area contributed by atoms with Crippen molar-refractivity contribution in [3.63, 3.8) is 0 Å². The van der Waals surface area contributed by atoms with Crippen LogP contribution in [-0.2, 0) is 0 Å². The second kappa shape index (κ2) is 6.93. The molecule has 0 radical (unpaired) electrons. The van der Waals surface area contributed by atoms with E-state index in [4.69, 9.17) is 0 Å². The molecule has 1 aliphatic rings. The van der Waals surface area contributed by atoms with Crippen LogP contribution in [0.3, 0.4) is 0 Å². The molecule has 1 fully saturated rings. The fourth-order valence-electron chi connectivity index (χ4n) is 3.97. The number of piperidine rings is 1. The lowest BCUT2D eigenvalue weighted by atomic mass is 9.80. The van der Waals surface area contributed by atoms with Gasteiger partial charge in [0.25, 0.3) is 0 Å². The van der Waals surface area contributed by atoms with Crippen LogP contribution in [-0.4, -0.2) is 30.6 Å². The first kappa shape index (κ1) is 16.5. The summed E-state index contributed by atoms with van der Waals surface area (Å²) in [7, 11) is 2.11. The molecule has 1 aliphatic heterocycles. The summed E-state index contributed by atoms with van der Waals surface area (Å²) in [6, 6.07) is 7.27. The standard InChI is InChI=1S/C19H32N2/c1-6-19(4,21-12-8-7-9-13-21)18(20-5)17-11-10-15(2)14-16(17)3/h10-11,14,18,20H,6-9,12-13H2,1-5H3. The van der Waals surface area contributed by atoms with Gasteiger partial charge < -0.3 is 5.32 Å². The quantitative estimate of drug-likeness (QED) is 0.872. The number of benzene rings is 1. The Labute approximate surface area is 130 Å². The number of nitrogens with zero attached hydrogens (tertiary/aromatic N) is 1. The van der Waals surface area contributed by atoms with Crippen LogP contribution in [0.2, 0.25) is 0 Å². The number of nitrogens with one attached hydrogen (secondary N) is 1. The molecule has 0 saturated carbocycles. The molecule has 118 valence electrons. The third kappa shape index (κ3) is 3.32. The van der Waals surface area contributed by atoms with Crippen molar-refractivity contribution in [3.8, 4) is 0 Å². The molecule has 2 rings (SSSR count). The van der Waals surface area contributed by atoms with Crippen LogP contribution < -0.4 is 5.32 Å². The number of aryl methyl sites for hydroxylation is 2. The largest absolute Gasteiger partial charge is 0.311 e. The molecule has 2 unspecified atom stereocenters. The van der Waals surface area contributed by atoms with Gasteiger partial charge in [-0.25, -0.2) is 0 Å². The molecule has 2 heteroatoms. The third-order valence-corrected chi connectivity index (χ3v) is 5.44. The lowest BCUT2D eigenvalue weighted by Crippen LogP contribution is -2.55. The smallest absolute Gasteiger partial charge is 0.0504 e. The first-order valence-corrected chi connectivity index (χ1v) is 8.52. The summed E-state index contributed by atoms with van der Waals surface area (Å²) in [5.41, 5.74) is 4.40. The van der Waals surface area contributed by atoms with E-state index >= 15 is 0 Å². The van der Waals surface area contributed by atoms with Gasteiger partial charge in [-0.05, 0) is 71.3 Å². The van der Waals surface area contributed by atoms with Gasteiger partial charge in [0.1, 0.15) is 0 Å². The summed E-state index contributed by atoms with van der Waals surface area (Å²) in [6.45, 7) is 11.7. The number of hydrogen-bond donors (Lipinski definition) is 1. The number of likely N-dealkylation sites (tertiary alicyclic amines) is 1. The summed E-state index contributed by atoms with van der Waals surface area (Å²) >= 11 is 0. The molecule has 0 amide bonds. The Hall–Kier alpha value is -0.860. The normalized spacial score (nSPS) is 21.0. The molecular formula is C19H32N2. The van der Waals surface area contributed by atoms with Crippen molar-refractivity contribution in [3.05, 3.63) is 34.9 Å². The zero-order valence-electron chi connectivity index (χ0n) is 14.5. The fraction of sp³-hybridized carbons (Fsp3) is 0.684. The van der Waals surface area contributed by atoms with Crippen molar-refractivity contribution in [1.82, 2.24) is 10.2 Å². The van der Waals surface area contributed by atoms with Crippen molar-refractivity contribution in [2.75, 3.05) is 20.1 Å². The van der Waals surface area contributed by atoms with Gasteiger partial charge in [-0.3, -0.25) is 4.90 Å². The monoisotopic (exact) mass is 288 g/mol. The molecule has 1 N–H and O–H groups in total. The summed E-state index contributed by atoms with van der Waals surface area (Å²) in [5.74, 6) is 0. The van der Waals surface area contributed by atoms with E-state index in [9.17, 15) is 0 Å². The van der Waals surface area contributed by atoms with Crippen LogP contribution >= 0.6 is 0 Å². The highest BCUT2D eigenvalue weighted by atomic mass is 15.2. The molecule has 2 nitrogen and oxygen atoms in total. The second-order valence-corrected chi connectivity index (χ2v) is 6.84. The Kier molecular flexibility index (Phi) is 5.45. The van der Waals surface area contributed by atoms with Gasteiger partial charge in [-0.15, -0.1) is 0 Å². The summed E-state index contributed by atoms with van der Waals surface area (Å²) in [4.78, 5) is 2.72. The highest BCUT2D eigenvalue weighted by Gasteiger charge is 2.39. The average molecular weight is 288 g/mol. The minimum atomic E-state index is 0.190. The lowest BCUT2D eigenvalue weighted by molar-refractivity contribution is 0.0446. The molecule has 0 aliphatic carbocycles.